The van der Waals surface area contributed by atoms with Crippen molar-refractivity contribution in [2.45, 2.75) is 25.8 Å². The van der Waals surface area contributed by atoms with Gasteiger partial charge in [0.2, 0.25) is 11.9 Å². The number of rotatable bonds is 8. The summed E-state index contributed by atoms with van der Waals surface area (Å²) >= 11 is 0. The highest BCUT2D eigenvalue weighted by Gasteiger charge is 2.27. The van der Waals surface area contributed by atoms with E-state index in [9.17, 15) is 10.2 Å². The molecule has 8 nitrogen and oxygen atoms in total. The molecular formula is C11H21N5O3. The molecule has 0 aliphatic carbocycles. The summed E-state index contributed by atoms with van der Waals surface area (Å²) in [7, 11) is 1.46. The number of nitrogens with zero attached hydrogens (tertiary/aromatic N) is 3. The molecule has 19 heavy (non-hydrogen) atoms. The number of aromatic nitrogens is 3. The zero-order valence-corrected chi connectivity index (χ0v) is 11.5. The predicted molar refractivity (Wildman–Crippen MR) is 71.4 cm³/mol. The second-order valence-corrected chi connectivity index (χ2v) is 4.07. The smallest absolute Gasteiger partial charge is 0.322 e. The van der Waals surface area contributed by atoms with Gasteiger partial charge in [-0.15, -0.1) is 0 Å². The Balaban J connectivity index is 3.01. The van der Waals surface area contributed by atoms with E-state index in [2.05, 4.69) is 25.6 Å². The second-order valence-electron chi connectivity index (χ2n) is 4.07. The first kappa shape index (κ1) is 15.4. The molecule has 0 fully saturated rings. The van der Waals surface area contributed by atoms with Gasteiger partial charge in [-0.2, -0.15) is 15.0 Å². The Morgan fingerprint density at radius 3 is 2.21 bits per heavy atom. The molecule has 0 aliphatic heterocycles. The van der Waals surface area contributed by atoms with Gasteiger partial charge < -0.3 is 25.6 Å². The minimum absolute atomic E-state index is 0.161. The lowest BCUT2D eigenvalue weighted by Gasteiger charge is -2.29. The van der Waals surface area contributed by atoms with E-state index < -0.39 is 5.54 Å². The van der Waals surface area contributed by atoms with Gasteiger partial charge in [-0.25, -0.2) is 0 Å². The van der Waals surface area contributed by atoms with Crippen molar-refractivity contribution in [2.75, 3.05) is 37.5 Å². The molecular weight excluding hydrogens is 250 g/mol. The van der Waals surface area contributed by atoms with Crippen molar-refractivity contribution in [2.24, 2.45) is 0 Å². The quantitative estimate of drug-likeness (QED) is 0.517. The molecule has 8 heteroatoms. The Labute approximate surface area is 112 Å². The van der Waals surface area contributed by atoms with E-state index in [4.69, 9.17) is 4.74 Å². The summed E-state index contributed by atoms with van der Waals surface area (Å²) < 4.78 is 4.99. The molecule has 1 aromatic heterocycles. The molecule has 0 saturated heterocycles. The molecule has 0 bridgehead atoms. The fraction of sp³-hybridized carbons (Fsp3) is 0.727. The maximum Gasteiger partial charge on any atom is 0.322 e. The average molecular weight is 271 g/mol. The number of aliphatic hydroxyl groups is 2. The number of anilines is 2. The first-order valence-electron chi connectivity index (χ1n) is 6.16. The van der Waals surface area contributed by atoms with Crippen LogP contribution in [0.4, 0.5) is 11.9 Å². The van der Waals surface area contributed by atoms with Gasteiger partial charge in [0.15, 0.2) is 0 Å². The number of ether oxygens (including phenoxy) is 1. The third-order valence-electron chi connectivity index (χ3n) is 2.79. The van der Waals surface area contributed by atoms with Gasteiger partial charge in [0.05, 0.1) is 25.9 Å². The molecule has 1 rings (SSSR count). The maximum absolute atomic E-state index is 9.40. The summed E-state index contributed by atoms with van der Waals surface area (Å²) in [5, 5.41) is 24.7. The molecule has 0 spiro atoms. The number of methoxy groups -OCH3 is 1. The van der Waals surface area contributed by atoms with Crippen LogP contribution in [-0.2, 0) is 0 Å². The monoisotopic (exact) mass is 271 g/mol. The van der Waals surface area contributed by atoms with Crippen LogP contribution in [0.15, 0.2) is 0 Å². The minimum atomic E-state index is -0.865. The summed E-state index contributed by atoms with van der Waals surface area (Å²) in [6, 6.07) is 0.161. The highest BCUT2D eigenvalue weighted by Crippen LogP contribution is 2.18. The Bertz CT molecular complexity index is 390. The molecule has 0 aliphatic rings. The lowest BCUT2D eigenvalue weighted by Crippen LogP contribution is -2.45. The molecule has 0 atom stereocenters. The standard InChI is InChI=1S/C11H21N5O3/c1-4-11(6-17,7-18)16-9-13-8(12-5-2)14-10(15-9)19-3/h17-18H,4-7H2,1-3H3,(H2,12,13,14,15,16). The number of aliphatic hydroxyl groups excluding tert-OH is 2. The summed E-state index contributed by atoms with van der Waals surface area (Å²) in [6.45, 7) is 3.96. The summed E-state index contributed by atoms with van der Waals surface area (Å²) in [5.74, 6) is 0.616. The highest BCUT2D eigenvalue weighted by molar-refractivity contribution is 5.38. The van der Waals surface area contributed by atoms with E-state index in [1.165, 1.54) is 7.11 Å². The van der Waals surface area contributed by atoms with Crippen LogP contribution in [-0.4, -0.2) is 57.6 Å². The third-order valence-corrected chi connectivity index (χ3v) is 2.79. The van der Waals surface area contributed by atoms with E-state index in [-0.39, 0.29) is 25.2 Å². The van der Waals surface area contributed by atoms with Crippen molar-refractivity contribution >= 4 is 11.9 Å². The fourth-order valence-electron chi connectivity index (χ4n) is 1.42. The van der Waals surface area contributed by atoms with E-state index in [1.807, 2.05) is 13.8 Å². The Morgan fingerprint density at radius 2 is 1.74 bits per heavy atom. The average Bonchev–Trinajstić information content (AvgIpc) is 2.45. The summed E-state index contributed by atoms with van der Waals surface area (Å²) in [4.78, 5) is 12.2. The first-order valence-corrected chi connectivity index (χ1v) is 6.16. The lowest BCUT2D eigenvalue weighted by atomic mass is 9.99. The number of hydrogen-bond donors (Lipinski definition) is 4. The molecule has 0 aromatic carbocycles. The van der Waals surface area contributed by atoms with Crippen LogP contribution in [0.2, 0.25) is 0 Å². The predicted octanol–water partition coefficient (Wildman–Crippen LogP) is -0.143. The fourth-order valence-corrected chi connectivity index (χ4v) is 1.42. The van der Waals surface area contributed by atoms with Gasteiger partial charge in [0.1, 0.15) is 0 Å². The van der Waals surface area contributed by atoms with Crippen LogP contribution in [0, 0.1) is 0 Å². The van der Waals surface area contributed by atoms with Crippen LogP contribution < -0.4 is 15.4 Å². The van der Waals surface area contributed by atoms with Crippen molar-refractivity contribution in [3.63, 3.8) is 0 Å². The van der Waals surface area contributed by atoms with E-state index in [0.717, 1.165) is 0 Å². The topological polar surface area (TPSA) is 112 Å². The van der Waals surface area contributed by atoms with Crippen LogP contribution in [0.25, 0.3) is 0 Å². The highest BCUT2D eigenvalue weighted by atomic mass is 16.5. The van der Waals surface area contributed by atoms with Gasteiger partial charge in [-0.1, -0.05) is 6.92 Å². The van der Waals surface area contributed by atoms with Gasteiger partial charge in [0, 0.05) is 6.54 Å². The van der Waals surface area contributed by atoms with Gasteiger partial charge >= 0.3 is 6.01 Å². The third kappa shape index (κ3) is 3.90. The van der Waals surface area contributed by atoms with E-state index in [0.29, 0.717) is 18.9 Å². The van der Waals surface area contributed by atoms with E-state index in [1.54, 1.807) is 0 Å². The molecule has 0 unspecified atom stereocenters. The number of nitrogens with one attached hydrogen (secondary N) is 2. The summed E-state index contributed by atoms with van der Waals surface area (Å²) in [6.07, 6.45) is 0.518. The van der Waals surface area contributed by atoms with Crippen molar-refractivity contribution in [1.29, 1.82) is 0 Å². The van der Waals surface area contributed by atoms with E-state index >= 15 is 0 Å². The summed E-state index contributed by atoms with van der Waals surface area (Å²) in [5.41, 5.74) is -0.865. The molecule has 108 valence electrons. The molecule has 4 N–H and O–H groups in total. The minimum Gasteiger partial charge on any atom is -0.467 e. The molecule has 1 aromatic rings. The Kier molecular flexibility index (Phi) is 5.71. The van der Waals surface area contributed by atoms with Crippen LogP contribution in [0.1, 0.15) is 20.3 Å². The van der Waals surface area contributed by atoms with Crippen molar-refractivity contribution in [1.82, 2.24) is 15.0 Å². The first-order chi connectivity index (χ1) is 9.12. The maximum atomic E-state index is 9.40. The number of hydrogen-bond acceptors (Lipinski definition) is 8. The molecule has 1 heterocycles. The van der Waals surface area contributed by atoms with Gasteiger partial charge in [-0.3, -0.25) is 0 Å². The lowest BCUT2D eigenvalue weighted by molar-refractivity contribution is 0.132. The molecule has 0 radical (unpaired) electrons. The largest absolute Gasteiger partial charge is 0.467 e. The molecule has 0 amide bonds. The normalized spacial score (nSPS) is 11.2. The van der Waals surface area contributed by atoms with Gasteiger partial charge in [0.25, 0.3) is 0 Å². The van der Waals surface area contributed by atoms with Crippen molar-refractivity contribution in [3.8, 4) is 6.01 Å². The zero-order chi connectivity index (χ0) is 14.3. The van der Waals surface area contributed by atoms with Gasteiger partial charge in [-0.05, 0) is 13.3 Å². The zero-order valence-electron chi connectivity index (χ0n) is 11.5. The van der Waals surface area contributed by atoms with Crippen molar-refractivity contribution < 1.29 is 14.9 Å². The van der Waals surface area contributed by atoms with Crippen LogP contribution in [0.5, 0.6) is 6.01 Å². The van der Waals surface area contributed by atoms with Crippen LogP contribution >= 0.6 is 0 Å². The SMILES string of the molecule is CCNc1nc(NC(CC)(CO)CO)nc(OC)n1. The van der Waals surface area contributed by atoms with Crippen LogP contribution in [0.3, 0.4) is 0 Å². The Hall–Kier alpha value is -1.67. The van der Waals surface area contributed by atoms with Crippen molar-refractivity contribution in [3.05, 3.63) is 0 Å². The second kappa shape index (κ2) is 7.05. The molecule has 0 saturated carbocycles. The Morgan fingerprint density at radius 1 is 1.11 bits per heavy atom.